The van der Waals surface area contributed by atoms with Crippen LogP contribution in [0.5, 0.6) is 0 Å². The van der Waals surface area contributed by atoms with Gasteiger partial charge in [0.05, 0.1) is 11.3 Å². The number of anilines is 1. The van der Waals surface area contributed by atoms with Gasteiger partial charge in [0.2, 0.25) is 0 Å². The Kier molecular flexibility index (Phi) is 4.45. The Morgan fingerprint density at radius 2 is 2.18 bits per heavy atom. The van der Waals surface area contributed by atoms with E-state index in [-0.39, 0.29) is 11.6 Å². The molecule has 0 fully saturated rings. The molecule has 4 nitrogen and oxygen atoms in total. The van der Waals surface area contributed by atoms with Gasteiger partial charge in [-0.15, -0.1) is 0 Å². The van der Waals surface area contributed by atoms with Gasteiger partial charge in [-0.05, 0) is 39.2 Å². The normalized spacial score (nSPS) is 12.5. The molecule has 0 saturated heterocycles. The summed E-state index contributed by atoms with van der Waals surface area (Å²) >= 11 is 0. The van der Waals surface area contributed by atoms with E-state index in [2.05, 4.69) is 5.32 Å². The Balaban J connectivity index is 2.70. The van der Waals surface area contributed by atoms with Crippen LogP contribution in [-0.4, -0.2) is 42.7 Å². The van der Waals surface area contributed by atoms with Crippen molar-refractivity contribution in [3.63, 3.8) is 0 Å². The van der Waals surface area contributed by atoms with Gasteiger partial charge < -0.3 is 15.3 Å². The minimum atomic E-state index is -1.13. The molecule has 0 aliphatic heterocycles. The summed E-state index contributed by atoms with van der Waals surface area (Å²) < 4.78 is 13.5. The molecule has 2 N–H and O–H groups in total. The van der Waals surface area contributed by atoms with Crippen molar-refractivity contribution < 1.29 is 14.3 Å². The van der Waals surface area contributed by atoms with Gasteiger partial charge in [0.25, 0.3) is 0 Å². The first-order valence-corrected chi connectivity index (χ1v) is 5.35. The lowest BCUT2D eigenvalue weighted by atomic mass is 10.2. The summed E-state index contributed by atoms with van der Waals surface area (Å²) in [5, 5.41) is 11.6. The second kappa shape index (κ2) is 5.63. The van der Waals surface area contributed by atoms with Crippen molar-refractivity contribution in [2.45, 2.75) is 13.0 Å². The third-order valence-corrected chi connectivity index (χ3v) is 2.69. The summed E-state index contributed by atoms with van der Waals surface area (Å²) in [4.78, 5) is 12.6. The number of carboxylic acid groups (broad SMARTS) is 1. The first-order valence-electron chi connectivity index (χ1n) is 5.35. The van der Waals surface area contributed by atoms with Gasteiger partial charge in [-0.1, -0.05) is 0 Å². The number of hydrogen-bond acceptors (Lipinski definition) is 3. The summed E-state index contributed by atoms with van der Waals surface area (Å²) in [6.45, 7) is 2.60. The number of halogens is 1. The van der Waals surface area contributed by atoms with Gasteiger partial charge in [-0.25, -0.2) is 9.18 Å². The number of carbonyl (C=O) groups is 1. The van der Waals surface area contributed by atoms with E-state index in [9.17, 15) is 9.18 Å². The number of hydrogen-bond donors (Lipinski definition) is 2. The number of likely N-dealkylation sites (N-methyl/N-ethyl adjacent to an activating group) is 1. The van der Waals surface area contributed by atoms with E-state index in [1.165, 1.54) is 12.1 Å². The molecule has 0 aromatic heterocycles. The smallest absolute Gasteiger partial charge is 0.335 e. The Morgan fingerprint density at radius 1 is 1.53 bits per heavy atom. The molecule has 0 aliphatic rings. The van der Waals surface area contributed by atoms with Gasteiger partial charge in [0.1, 0.15) is 5.82 Å². The summed E-state index contributed by atoms with van der Waals surface area (Å²) in [5.41, 5.74) is 0.275. The zero-order valence-electron chi connectivity index (χ0n) is 10.2. The molecular weight excluding hydrogens is 223 g/mol. The fourth-order valence-corrected chi connectivity index (χ4v) is 1.23. The molecule has 1 aromatic rings. The predicted molar refractivity (Wildman–Crippen MR) is 65.0 cm³/mol. The van der Waals surface area contributed by atoms with Crippen molar-refractivity contribution in [3.05, 3.63) is 29.6 Å². The van der Waals surface area contributed by atoms with Crippen LogP contribution in [0.1, 0.15) is 17.3 Å². The van der Waals surface area contributed by atoms with E-state index in [4.69, 9.17) is 5.11 Å². The van der Waals surface area contributed by atoms with Gasteiger partial charge in [0.15, 0.2) is 0 Å². The molecule has 17 heavy (non-hydrogen) atoms. The van der Waals surface area contributed by atoms with Crippen LogP contribution in [0.25, 0.3) is 0 Å². The highest BCUT2D eigenvalue weighted by Gasteiger charge is 2.09. The second-order valence-electron chi connectivity index (χ2n) is 4.19. The highest BCUT2D eigenvalue weighted by atomic mass is 19.1. The van der Waals surface area contributed by atoms with Gasteiger partial charge in [0, 0.05) is 12.6 Å². The van der Waals surface area contributed by atoms with Gasteiger partial charge in [-0.3, -0.25) is 0 Å². The van der Waals surface area contributed by atoms with Crippen LogP contribution in [-0.2, 0) is 0 Å². The van der Waals surface area contributed by atoms with Crippen LogP contribution < -0.4 is 5.32 Å². The van der Waals surface area contributed by atoms with Gasteiger partial charge >= 0.3 is 5.97 Å². The minimum Gasteiger partial charge on any atom is -0.478 e. The predicted octanol–water partition coefficient (Wildman–Crippen LogP) is 1.89. The van der Waals surface area contributed by atoms with E-state index in [1.807, 2.05) is 25.9 Å². The largest absolute Gasteiger partial charge is 0.478 e. The molecule has 94 valence electrons. The molecule has 0 saturated carbocycles. The molecule has 1 rings (SSSR count). The van der Waals surface area contributed by atoms with Crippen LogP contribution in [0.2, 0.25) is 0 Å². The van der Waals surface area contributed by atoms with E-state index in [0.29, 0.717) is 12.2 Å². The Bertz CT molecular complexity index is 407. The molecule has 0 bridgehead atoms. The summed E-state index contributed by atoms with van der Waals surface area (Å²) in [7, 11) is 3.88. The molecule has 1 atom stereocenters. The molecule has 0 amide bonds. The molecule has 1 aromatic carbocycles. The van der Waals surface area contributed by atoms with E-state index < -0.39 is 11.8 Å². The Hall–Kier alpha value is -1.62. The molecule has 1 unspecified atom stereocenters. The monoisotopic (exact) mass is 240 g/mol. The Morgan fingerprint density at radius 3 is 2.65 bits per heavy atom. The quantitative estimate of drug-likeness (QED) is 0.825. The number of benzene rings is 1. The number of carboxylic acids is 1. The third-order valence-electron chi connectivity index (χ3n) is 2.69. The first kappa shape index (κ1) is 13.4. The molecule has 0 aliphatic carbocycles. The highest BCUT2D eigenvalue weighted by Crippen LogP contribution is 2.16. The lowest BCUT2D eigenvalue weighted by Gasteiger charge is -2.20. The average Bonchev–Trinajstić information content (AvgIpc) is 2.26. The van der Waals surface area contributed by atoms with Crippen LogP contribution >= 0.6 is 0 Å². The second-order valence-corrected chi connectivity index (χ2v) is 4.19. The zero-order chi connectivity index (χ0) is 13.0. The van der Waals surface area contributed by atoms with E-state index in [1.54, 1.807) is 0 Å². The lowest BCUT2D eigenvalue weighted by molar-refractivity contribution is 0.0696. The topological polar surface area (TPSA) is 52.6 Å². The highest BCUT2D eigenvalue weighted by molar-refractivity contribution is 5.88. The van der Waals surface area contributed by atoms with Crippen LogP contribution in [0.15, 0.2) is 18.2 Å². The number of aromatic carboxylic acids is 1. The third kappa shape index (κ3) is 3.71. The molecule has 0 spiro atoms. The maximum Gasteiger partial charge on any atom is 0.335 e. The summed E-state index contributed by atoms with van der Waals surface area (Å²) in [6.07, 6.45) is 0. The van der Waals surface area contributed by atoms with Crippen LogP contribution in [0, 0.1) is 5.82 Å². The van der Waals surface area contributed by atoms with Crippen molar-refractivity contribution in [3.8, 4) is 0 Å². The maximum atomic E-state index is 13.5. The molecule has 0 heterocycles. The standard InChI is InChI=1S/C12H17FN2O2/c1-8(15(2)3)7-14-11-5-4-9(12(16)17)6-10(11)13/h4-6,8,14H,7H2,1-3H3,(H,16,17). The van der Waals surface area contributed by atoms with Crippen molar-refractivity contribution >= 4 is 11.7 Å². The van der Waals surface area contributed by atoms with Crippen molar-refractivity contribution in [2.24, 2.45) is 0 Å². The number of nitrogens with one attached hydrogen (secondary N) is 1. The fourth-order valence-electron chi connectivity index (χ4n) is 1.23. The average molecular weight is 240 g/mol. The molecule has 5 heteroatoms. The van der Waals surface area contributed by atoms with Crippen LogP contribution in [0.3, 0.4) is 0 Å². The van der Waals surface area contributed by atoms with E-state index in [0.717, 1.165) is 6.07 Å². The maximum absolute atomic E-state index is 13.5. The number of nitrogens with zero attached hydrogens (tertiary/aromatic N) is 1. The van der Waals surface area contributed by atoms with Crippen molar-refractivity contribution in [1.29, 1.82) is 0 Å². The van der Waals surface area contributed by atoms with Crippen LogP contribution in [0.4, 0.5) is 10.1 Å². The summed E-state index contributed by atoms with van der Waals surface area (Å²) in [5.74, 6) is -1.67. The fraction of sp³-hybridized carbons (Fsp3) is 0.417. The SMILES string of the molecule is CC(CNc1ccc(C(=O)O)cc1F)N(C)C. The Labute approximate surface area is 100 Å². The summed E-state index contributed by atoms with van der Waals surface area (Å²) in [6, 6.07) is 4.11. The zero-order valence-corrected chi connectivity index (χ0v) is 10.2. The lowest BCUT2D eigenvalue weighted by Crippen LogP contribution is -2.31. The van der Waals surface area contributed by atoms with Crippen molar-refractivity contribution in [1.82, 2.24) is 4.90 Å². The number of rotatable bonds is 5. The first-order chi connectivity index (χ1) is 7.91. The van der Waals surface area contributed by atoms with Crippen molar-refractivity contribution in [2.75, 3.05) is 26.0 Å². The minimum absolute atomic E-state index is 0.0475. The van der Waals surface area contributed by atoms with E-state index >= 15 is 0 Å². The molecule has 0 radical (unpaired) electrons. The molecular formula is C12H17FN2O2. The van der Waals surface area contributed by atoms with Gasteiger partial charge in [-0.2, -0.15) is 0 Å².